The van der Waals surface area contributed by atoms with Crippen molar-refractivity contribution >= 4 is 25.7 Å². The van der Waals surface area contributed by atoms with Gasteiger partial charge < -0.3 is 59.1 Å². The molecular weight excluding hydrogens is 707 g/mol. The molecule has 21 nitrogen and oxygen atoms in total. The van der Waals surface area contributed by atoms with Crippen LogP contribution in [0.4, 0.5) is 0 Å². The molecule has 51 heavy (non-hydrogen) atoms. The lowest BCUT2D eigenvalue weighted by atomic mass is 9.99. The second-order valence-electron chi connectivity index (χ2n) is 11.3. The molecule has 2 rings (SSSR count). The zero-order valence-corrected chi connectivity index (χ0v) is 29.7. The zero-order valence-electron chi connectivity index (χ0n) is 28.8. The molecule has 1 saturated heterocycles. The van der Waals surface area contributed by atoms with Gasteiger partial charge in [-0.05, 0) is 19.3 Å². The molecule has 1 aromatic rings. The summed E-state index contributed by atoms with van der Waals surface area (Å²) in [4.78, 5) is 43.8. The first-order valence-corrected chi connectivity index (χ1v) is 18.0. The summed E-state index contributed by atoms with van der Waals surface area (Å²) in [6.07, 6.45) is -2.70. The third-order valence-corrected chi connectivity index (χ3v) is 8.00. The number of phosphoric ester groups is 1. The van der Waals surface area contributed by atoms with Gasteiger partial charge in [0.25, 0.3) is 0 Å². The molecule has 0 radical (unpaired) electrons. The highest BCUT2D eigenvalue weighted by Gasteiger charge is 2.43. The van der Waals surface area contributed by atoms with Crippen LogP contribution in [0.3, 0.4) is 0 Å². The predicted molar refractivity (Wildman–Crippen MR) is 170 cm³/mol. The Morgan fingerprint density at radius 3 is 2.39 bits per heavy atom. The molecule has 1 fully saturated rings. The molecule has 2 heterocycles. The monoisotopic (exact) mass is 758 g/mol. The van der Waals surface area contributed by atoms with E-state index < -0.39 is 69.8 Å². The summed E-state index contributed by atoms with van der Waals surface area (Å²) in [5.41, 5.74) is 0.819. The SMILES string of the molecule is CC(=O)OC[C@H](COP(=O)(O)OCCNC(=O)CCOCCOCCn1cc(CCCCCOC2O[C@H](CO)[C@@H](O)[C@H](O)[C@@H]2O)nn1)OC(C)=O. The van der Waals surface area contributed by atoms with Gasteiger partial charge in [-0.3, -0.25) is 23.4 Å². The molecular formula is C29H51N4O17P. The van der Waals surface area contributed by atoms with Crippen LogP contribution in [0.1, 0.15) is 45.2 Å². The Morgan fingerprint density at radius 1 is 0.941 bits per heavy atom. The van der Waals surface area contributed by atoms with E-state index in [-0.39, 0.29) is 51.9 Å². The Bertz CT molecular complexity index is 1210. The van der Waals surface area contributed by atoms with Gasteiger partial charge in [-0.1, -0.05) is 11.6 Å². The predicted octanol–water partition coefficient (Wildman–Crippen LogP) is -2.02. The van der Waals surface area contributed by atoms with E-state index in [0.717, 1.165) is 32.4 Å². The molecule has 1 aromatic heterocycles. The van der Waals surface area contributed by atoms with Gasteiger partial charge >= 0.3 is 19.8 Å². The van der Waals surface area contributed by atoms with Crippen LogP contribution in [0.15, 0.2) is 6.20 Å². The third-order valence-electron chi connectivity index (χ3n) is 7.01. The lowest BCUT2D eigenvalue weighted by Crippen LogP contribution is -2.59. The summed E-state index contributed by atoms with van der Waals surface area (Å²) in [6.45, 7) is 2.22. The standard InChI is InChI=1S/C29H51N4O17P/c1-20(35)46-18-23(49-21(2)36)19-48-51(41,42)47-12-8-30-25(37)7-11-43-14-15-44-13-9-33-16-22(31-32-33)6-4-3-5-10-45-29-28(40)27(39)26(38)24(17-34)50-29/h16,23-24,26-29,34,38-40H,3-15,17-19H2,1-2H3,(H,30,37)(H,41,42)/t23-,24-,26-,27+,28+,29?/m1/s1. The molecule has 1 aliphatic heterocycles. The average molecular weight is 759 g/mol. The van der Waals surface area contributed by atoms with Gasteiger partial charge in [-0.2, -0.15) is 0 Å². The van der Waals surface area contributed by atoms with E-state index in [0.29, 0.717) is 32.6 Å². The van der Waals surface area contributed by atoms with Crippen LogP contribution in [-0.2, 0) is 69.4 Å². The fraction of sp³-hybridized carbons (Fsp3) is 0.828. The largest absolute Gasteiger partial charge is 0.472 e. The fourth-order valence-corrected chi connectivity index (χ4v) is 5.16. The third kappa shape index (κ3) is 19.1. The number of ether oxygens (including phenoxy) is 6. The molecule has 0 aliphatic carbocycles. The van der Waals surface area contributed by atoms with Crippen molar-refractivity contribution in [3.05, 3.63) is 11.9 Å². The molecule has 22 heteroatoms. The number of aromatic nitrogens is 3. The minimum Gasteiger partial charge on any atom is -0.462 e. The number of hydrogen-bond donors (Lipinski definition) is 6. The van der Waals surface area contributed by atoms with Crippen LogP contribution in [-0.4, -0.2) is 161 Å². The highest BCUT2D eigenvalue weighted by atomic mass is 31.2. The van der Waals surface area contributed by atoms with E-state index in [1.165, 1.54) is 0 Å². The second-order valence-corrected chi connectivity index (χ2v) is 12.8. The number of aliphatic hydroxyl groups is 4. The summed E-state index contributed by atoms with van der Waals surface area (Å²) in [7, 11) is -4.53. The van der Waals surface area contributed by atoms with Crippen molar-refractivity contribution < 1.29 is 81.7 Å². The number of carbonyl (C=O) groups is 3. The van der Waals surface area contributed by atoms with Crippen molar-refractivity contribution in [3.63, 3.8) is 0 Å². The molecule has 1 amide bonds. The Morgan fingerprint density at radius 2 is 1.69 bits per heavy atom. The van der Waals surface area contributed by atoms with Gasteiger partial charge in [-0.25, -0.2) is 9.25 Å². The summed E-state index contributed by atoms with van der Waals surface area (Å²) >= 11 is 0. The highest BCUT2D eigenvalue weighted by Crippen LogP contribution is 2.43. The quantitative estimate of drug-likeness (QED) is 0.0321. The number of nitrogens with zero attached hydrogens (tertiary/aromatic N) is 3. The minimum absolute atomic E-state index is 0.0422. The molecule has 294 valence electrons. The normalized spacial score (nSPS) is 22.2. The maximum absolute atomic E-state index is 12.0. The van der Waals surface area contributed by atoms with Crippen molar-refractivity contribution in [2.24, 2.45) is 0 Å². The Kier molecular flexibility index (Phi) is 21.4. The maximum atomic E-state index is 12.0. The van der Waals surface area contributed by atoms with Crippen LogP contribution in [0.25, 0.3) is 0 Å². The topological polar surface area (TPSA) is 286 Å². The van der Waals surface area contributed by atoms with Crippen LogP contribution >= 0.6 is 7.82 Å². The smallest absolute Gasteiger partial charge is 0.462 e. The Hall–Kier alpha value is -2.66. The van der Waals surface area contributed by atoms with Gasteiger partial charge in [0.15, 0.2) is 12.4 Å². The molecule has 2 unspecified atom stereocenters. The summed E-state index contributed by atoms with van der Waals surface area (Å²) < 4.78 is 54.5. The molecule has 0 spiro atoms. The number of phosphoric acid groups is 1. The minimum atomic E-state index is -4.53. The Labute approximate surface area is 295 Å². The van der Waals surface area contributed by atoms with Crippen molar-refractivity contribution in [1.82, 2.24) is 20.3 Å². The van der Waals surface area contributed by atoms with Crippen LogP contribution in [0, 0.1) is 0 Å². The van der Waals surface area contributed by atoms with Crippen LogP contribution in [0.2, 0.25) is 0 Å². The molecule has 0 bridgehead atoms. The summed E-state index contributed by atoms with van der Waals surface area (Å²) in [5.74, 6) is -1.70. The number of rotatable bonds is 27. The number of aryl methyl sites for hydroxylation is 1. The molecule has 7 atom stereocenters. The van der Waals surface area contributed by atoms with E-state index in [1.54, 1.807) is 4.68 Å². The van der Waals surface area contributed by atoms with E-state index in [2.05, 4.69) is 15.6 Å². The van der Waals surface area contributed by atoms with Gasteiger partial charge in [0.2, 0.25) is 5.91 Å². The Balaban J connectivity index is 1.44. The van der Waals surface area contributed by atoms with Crippen molar-refractivity contribution in [1.29, 1.82) is 0 Å². The lowest BCUT2D eigenvalue weighted by molar-refractivity contribution is -0.301. The van der Waals surface area contributed by atoms with E-state index in [4.69, 9.17) is 37.5 Å². The summed E-state index contributed by atoms with van der Waals surface area (Å²) in [6, 6.07) is 0. The molecule has 6 N–H and O–H groups in total. The lowest BCUT2D eigenvalue weighted by Gasteiger charge is -2.39. The second kappa shape index (κ2) is 24.6. The van der Waals surface area contributed by atoms with Crippen LogP contribution < -0.4 is 5.32 Å². The average Bonchev–Trinajstić information content (AvgIpc) is 3.54. The number of carbonyl (C=O) groups excluding carboxylic acids is 3. The first-order chi connectivity index (χ1) is 24.3. The number of aliphatic hydroxyl groups excluding tert-OH is 4. The number of hydrogen-bond acceptors (Lipinski definition) is 18. The van der Waals surface area contributed by atoms with Gasteiger partial charge in [0, 0.05) is 39.6 Å². The van der Waals surface area contributed by atoms with E-state index in [1.807, 2.05) is 6.20 Å². The van der Waals surface area contributed by atoms with Crippen LogP contribution in [0.5, 0.6) is 0 Å². The van der Waals surface area contributed by atoms with E-state index >= 15 is 0 Å². The number of esters is 2. The number of nitrogens with one attached hydrogen (secondary N) is 1. The van der Waals surface area contributed by atoms with Crippen molar-refractivity contribution in [2.75, 3.05) is 66.0 Å². The number of unbranched alkanes of at least 4 members (excludes halogenated alkanes) is 2. The number of amides is 1. The van der Waals surface area contributed by atoms with Gasteiger partial charge in [-0.15, -0.1) is 5.10 Å². The maximum Gasteiger partial charge on any atom is 0.472 e. The van der Waals surface area contributed by atoms with Crippen molar-refractivity contribution in [2.45, 2.75) is 89.3 Å². The summed E-state index contributed by atoms with van der Waals surface area (Å²) in [5, 5.41) is 49.6. The fourth-order valence-electron chi connectivity index (χ4n) is 4.41. The van der Waals surface area contributed by atoms with Crippen molar-refractivity contribution in [3.8, 4) is 0 Å². The molecule has 1 aliphatic rings. The molecule has 0 saturated carbocycles. The first kappa shape index (κ1) is 44.5. The zero-order chi connectivity index (χ0) is 37.6. The van der Waals surface area contributed by atoms with Gasteiger partial charge in [0.1, 0.15) is 31.0 Å². The first-order valence-electron chi connectivity index (χ1n) is 16.5. The molecule has 0 aromatic carbocycles. The highest BCUT2D eigenvalue weighted by molar-refractivity contribution is 7.47. The van der Waals surface area contributed by atoms with Gasteiger partial charge in [0.05, 0.1) is 58.5 Å². The van der Waals surface area contributed by atoms with E-state index in [9.17, 15) is 44.3 Å².